The summed E-state index contributed by atoms with van der Waals surface area (Å²) in [7, 11) is 1.98. The zero-order valence-electron chi connectivity index (χ0n) is 14.8. The number of aromatic hydroxyl groups is 1. The molecule has 0 bridgehead atoms. The molecular weight excluding hydrogens is 430 g/mol. The van der Waals surface area contributed by atoms with E-state index in [1.54, 1.807) is 12.1 Å². The van der Waals surface area contributed by atoms with Crippen molar-refractivity contribution in [3.8, 4) is 17.0 Å². The minimum absolute atomic E-state index is 0.272. The molecule has 0 unspecified atom stereocenters. The first-order valence-electron chi connectivity index (χ1n) is 8.03. The Morgan fingerprint density at radius 3 is 2.39 bits per heavy atom. The van der Waals surface area contributed by atoms with Crippen molar-refractivity contribution >= 4 is 33.8 Å². The van der Waals surface area contributed by atoms with Gasteiger partial charge in [-0.25, -0.2) is 14.6 Å². The monoisotopic (exact) mass is 447 g/mol. The second-order valence-corrected chi connectivity index (χ2v) is 6.59. The van der Waals surface area contributed by atoms with Gasteiger partial charge >= 0.3 is 11.9 Å². The number of benzene rings is 2. The molecule has 4 N–H and O–H groups in total. The van der Waals surface area contributed by atoms with Gasteiger partial charge in [-0.3, -0.25) is 0 Å². The van der Waals surface area contributed by atoms with E-state index in [9.17, 15) is 5.11 Å². The molecule has 1 heterocycles. The van der Waals surface area contributed by atoms with Crippen LogP contribution in [0.2, 0.25) is 0 Å². The minimum Gasteiger partial charge on any atom is -0.508 e. The number of phenols is 1. The molecule has 0 aliphatic rings. The molecule has 2 aromatic carbocycles. The predicted octanol–water partition coefficient (Wildman–Crippen LogP) is 3.32. The number of carbonyl (C=O) groups is 2. The van der Waals surface area contributed by atoms with Gasteiger partial charge in [0, 0.05) is 23.6 Å². The smallest absolute Gasteiger partial charge is 0.414 e. The van der Waals surface area contributed by atoms with Gasteiger partial charge in [0.15, 0.2) is 0 Å². The summed E-state index contributed by atoms with van der Waals surface area (Å²) >= 11 is 3.49. The van der Waals surface area contributed by atoms with Crippen LogP contribution in [0.15, 0.2) is 59.2 Å². The Bertz CT molecular complexity index is 975. The van der Waals surface area contributed by atoms with Crippen molar-refractivity contribution in [3.63, 3.8) is 0 Å². The predicted molar refractivity (Wildman–Crippen MR) is 107 cm³/mol. The SMILES string of the molecule is Cn1c(-c2cccc(Br)c2)cnc1NCc1cccc(O)c1.O=C(O)C(=O)O. The van der Waals surface area contributed by atoms with Crippen LogP contribution in [-0.4, -0.2) is 36.8 Å². The number of hydrogen-bond acceptors (Lipinski definition) is 5. The van der Waals surface area contributed by atoms with Crippen molar-refractivity contribution in [1.82, 2.24) is 9.55 Å². The maximum absolute atomic E-state index is 9.49. The fraction of sp³-hybridized carbons (Fsp3) is 0.105. The van der Waals surface area contributed by atoms with Gasteiger partial charge in [-0.2, -0.15) is 0 Å². The van der Waals surface area contributed by atoms with Crippen LogP contribution in [0, 0.1) is 0 Å². The number of nitrogens with one attached hydrogen (secondary N) is 1. The van der Waals surface area contributed by atoms with Crippen molar-refractivity contribution in [2.75, 3.05) is 5.32 Å². The van der Waals surface area contributed by atoms with Gasteiger partial charge in [0.1, 0.15) is 5.75 Å². The summed E-state index contributed by atoms with van der Waals surface area (Å²) in [6, 6.07) is 15.3. The summed E-state index contributed by atoms with van der Waals surface area (Å²) in [5, 5.41) is 27.6. The van der Waals surface area contributed by atoms with E-state index in [1.165, 1.54) is 0 Å². The number of rotatable bonds is 4. The summed E-state index contributed by atoms with van der Waals surface area (Å²) in [6.07, 6.45) is 1.85. The summed E-state index contributed by atoms with van der Waals surface area (Å²) in [6.45, 7) is 0.608. The molecule has 3 aromatic rings. The number of imidazole rings is 1. The zero-order chi connectivity index (χ0) is 20.7. The highest BCUT2D eigenvalue weighted by molar-refractivity contribution is 9.10. The third kappa shape index (κ3) is 5.85. The lowest BCUT2D eigenvalue weighted by Gasteiger charge is -2.09. The number of halogens is 1. The molecule has 146 valence electrons. The van der Waals surface area contributed by atoms with E-state index in [0.717, 1.165) is 27.2 Å². The van der Waals surface area contributed by atoms with Crippen LogP contribution < -0.4 is 5.32 Å². The average Bonchev–Trinajstić information content (AvgIpc) is 3.01. The summed E-state index contributed by atoms with van der Waals surface area (Å²) < 4.78 is 3.06. The highest BCUT2D eigenvalue weighted by Crippen LogP contribution is 2.25. The molecule has 3 rings (SSSR count). The standard InChI is InChI=1S/C17H16BrN3O.C2H2O4/c1-21-16(13-5-3-6-14(18)9-13)11-20-17(21)19-10-12-4-2-7-15(22)8-12;3-1(4)2(5)6/h2-9,11,22H,10H2,1H3,(H,19,20);(H,3,4)(H,5,6). The number of aromatic nitrogens is 2. The van der Waals surface area contributed by atoms with Gasteiger partial charge in [0.2, 0.25) is 5.95 Å². The normalized spacial score (nSPS) is 9.93. The molecule has 1 aromatic heterocycles. The van der Waals surface area contributed by atoms with Crippen LogP contribution in [0.3, 0.4) is 0 Å². The van der Waals surface area contributed by atoms with Crippen molar-refractivity contribution in [3.05, 3.63) is 64.8 Å². The molecule has 0 aliphatic carbocycles. The quantitative estimate of drug-likeness (QED) is 0.452. The third-order valence-corrected chi connectivity index (χ3v) is 4.15. The van der Waals surface area contributed by atoms with Crippen LogP contribution in [0.25, 0.3) is 11.3 Å². The van der Waals surface area contributed by atoms with Crippen molar-refractivity contribution in [2.24, 2.45) is 7.05 Å². The lowest BCUT2D eigenvalue weighted by atomic mass is 10.2. The Morgan fingerprint density at radius 1 is 1.11 bits per heavy atom. The molecule has 0 saturated heterocycles. The fourth-order valence-electron chi connectivity index (χ4n) is 2.34. The molecule has 0 aliphatic heterocycles. The van der Waals surface area contributed by atoms with E-state index in [0.29, 0.717) is 6.54 Å². The Labute approximate surface area is 169 Å². The largest absolute Gasteiger partial charge is 0.508 e. The van der Waals surface area contributed by atoms with Gasteiger partial charge in [0.05, 0.1) is 11.9 Å². The number of anilines is 1. The van der Waals surface area contributed by atoms with Crippen LogP contribution in [0.1, 0.15) is 5.56 Å². The maximum Gasteiger partial charge on any atom is 0.414 e. The van der Waals surface area contributed by atoms with Gasteiger partial charge in [-0.05, 0) is 29.8 Å². The van der Waals surface area contributed by atoms with Crippen molar-refractivity contribution in [1.29, 1.82) is 0 Å². The van der Waals surface area contributed by atoms with E-state index in [1.807, 2.05) is 42.1 Å². The molecule has 0 amide bonds. The number of aliphatic carboxylic acids is 2. The highest BCUT2D eigenvalue weighted by atomic mass is 79.9. The topological polar surface area (TPSA) is 125 Å². The Balaban J connectivity index is 0.000000409. The number of carboxylic acids is 2. The summed E-state index contributed by atoms with van der Waals surface area (Å²) in [4.78, 5) is 22.6. The van der Waals surface area contributed by atoms with Crippen LogP contribution in [0.5, 0.6) is 5.75 Å². The Morgan fingerprint density at radius 2 is 1.79 bits per heavy atom. The average molecular weight is 448 g/mol. The lowest BCUT2D eigenvalue weighted by molar-refractivity contribution is -0.159. The maximum atomic E-state index is 9.49. The first-order chi connectivity index (χ1) is 13.3. The van der Waals surface area contributed by atoms with Gasteiger partial charge in [-0.15, -0.1) is 0 Å². The van der Waals surface area contributed by atoms with E-state index >= 15 is 0 Å². The molecule has 0 spiro atoms. The van der Waals surface area contributed by atoms with Crippen molar-refractivity contribution < 1.29 is 24.9 Å². The first-order valence-corrected chi connectivity index (χ1v) is 8.83. The molecule has 0 fully saturated rings. The highest BCUT2D eigenvalue weighted by Gasteiger charge is 2.08. The number of phenolic OH excluding ortho intramolecular Hbond substituents is 1. The van der Waals surface area contributed by atoms with E-state index in [4.69, 9.17) is 19.8 Å². The Kier molecular flexibility index (Phi) is 7.16. The van der Waals surface area contributed by atoms with E-state index < -0.39 is 11.9 Å². The van der Waals surface area contributed by atoms with Crippen LogP contribution in [0.4, 0.5) is 5.95 Å². The van der Waals surface area contributed by atoms with Gasteiger partial charge in [0.25, 0.3) is 0 Å². The summed E-state index contributed by atoms with van der Waals surface area (Å²) in [5.74, 6) is -2.59. The van der Waals surface area contributed by atoms with Gasteiger partial charge < -0.3 is 25.2 Å². The molecule has 0 saturated carbocycles. The second-order valence-electron chi connectivity index (χ2n) is 5.67. The van der Waals surface area contributed by atoms with Crippen molar-refractivity contribution in [2.45, 2.75) is 6.54 Å². The number of carboxylic acid groups (broad SMARTS) is 2. The van der Waals surface area contributed by atoms with Crippen LogP contribution in [-0.2, 0) is 23.2 Å². The minimum atomic E-state index is -1.82. The van der Waals surface area contributed by atoms with E-state index in [-0.39, 0.29) is 5.75 Å². The summed E-state index contributed by atoms with van der Waals surface area (Å²) in [5.41, 5.74) is 3.15. The Hall–Kier alpha value is -3.33. The zero-order valence-corrected chi connectivity index (χ0v) is 16.4. The molecule has 28 heavy (non-hydrogen) atoms. The number of nitrogens with zero attached hydrogens (tertiary/aromatic N) is 2. The molecule has 0 radical (unpaired) electrons. The van der Waals surface area contributed by atoms with Crippen LogP contribution >= 0.6 is 15.9 Å². The fourth-order valence-corrected chi connectivity index (χ4v) is 2.74. The van der Waals surface area contributed by atoms with Gasteiger partial charge in [-0.1, -0.05) is 40.2 Å². The second kappa shape index (κ2) is 9.56. The molecule has 8 nitrogen and oxygen atoms in total. The lowest BCUT2D eigenvalue weighted by Crippen LogP contribution is -2.09. The third-order valence-electron chi connectivity index (χ3n) is 3.65. The molecule has 0 atom stereocenters. The molecular formula is C19H18BrN3O5. The number of hydrogen-bond donors (Lipinski definition) is 4. The van der Waals surface area contributed by atoms with E-state index in [2.05, 4.69) is 38.4 Å². The first kappa shape index (κ1) is 21.0. The molecule has 9 heteroatoms.